The van der Waals surface area contributed by atoms with E-state index in [0.717, 1.165) is 11.1 Å². The van der Waals surface area contributed by atoms with E-state index in [2.05, 4.69) is 0 Å². The third-order valence-electron chi connectivity index (χ3n) is 3.74. The summed E-state index contributed by atoms with van der Waals surface area (Å²) in [6.45, 7) is 4.23. The first-order chi connectivity index (χ1) is 10.1. The Labute approximate surface area is 123 Å². The van der Waals surface area contributed by atoms with Gasteiger partial charge in [0, 0.05) is 6.07 Å². The molecule has 0 saturated heterocycles. The Bertz CT molecular complexity index is 696. The van der Waals surface area contributed by atoms with Crippen LogP contribution in [0.4, 0.5) is 5.69 Å². The largest absolute Gasteiger partial charge is 0.508 e. The maximum atomic E-state index is 12.4. The summed E-state index contributed by atoms with van der Waals surface area (Å²) in [7, 11) is 0. The number of anilines is 1. The number of nitrogens with zero attached hydrogens (tertiary/aromatic N) is 1. The van der Waals surface area contributed by atoms with Gasteiger partial charge >= 0.3 is 0 Å². The summed E-state index contributed by atoms with van der Waals surface area (Å²) < 4.78 is 5.59. The number of amides is 1. The van der Waals surface area contributed by atoms with Crippen molar-refractivity contribution in [1.82, 2.24) is 0 Å². The lowest BCUT2D eigenvalue weighted by molar-refractivity contribution is -0.125. The van der Waals surface area contributed by atoms with E-state index >= 15 is 0 Å². The number of rotatable bonds is 2. The molecule has 0 spiro atoms. The molecule has 0 fully saturated rings. The molecule has 4 heteroatoms. The maximum absolute atomic E-state index is 12.4. The third kappa shape index (κ3) is 2.44. The van der Waals surface area contributed by atoms with Gasteiger partial charge in [-0.2, -0.15) is 0 Å². The number of ether oxygens (including phenoxy) is 1. The number of carbonyl (C=O) groups is 1. The minimum atomic E-state index is -0.522. The van der Waals surface area contributed by atoms with Crippen LogP contribution in [0.2, 0.25) is 0 Å². The zero-order chi connectivity index (χ0) is 15.0. The molecule has 1 heterocycles. The predicted octanol–water partition coefficient (Wildman–Crippen LogP) is 3.01. The Morgan fingerprint density at radius 2 is 2.00 bits per heavy atom. The number of hydrogen-bond acceptors (Lipinski definition) is 3. The molecule has 1 N–H and O–H groups in total. The minimum Gasteiger partial charge on any atom is -0.508 e. The average molecular weight is 283 g/mol. The van der Waals surface area contributed by atoms with Gasteiger partial charge in [0.05, 0.1) is 12.2 Å². The molecule has 4 nitrogen and oxygen atoms in total. The Hall–Kier alpha value is -2.49. The van der Waals surface area contributed by atoms with Crippen LogP contribution in [0, 0.1) is 6.92 Å². The summed E-state index contributed by atoms with van der Waals surface area (Å²) in [5, 5.41) is 9.69. The molecule has 2 aromatic carbocycles. The van der Waals surface area contributed by atoms with Gasteiger partial charge in [0.25, 0.3) is 5.91 Å². The molecule has 0 aliphatic carbocycles. The van der Waals surface area contributed by atoms with Crippen molar-refractivity contribution in [2.45, 2.75) is 26.5 Å². The van der Waals surface area contributed by atoms with Crippen LogP contribution in [0.5, 0.6) is 11.5 Å². The van der Waals surface area contributed by atoms with Crippen LogP contribution in [0.1, 0.15) is 18.1 Å². The van der Waals surface area contributed by atoms with E-state index in [1.807, 2.05) is 31.2 Å². The number of aryl methyl sites for hydroxylation is 1. The first kappa shape index (κ1) is 13.5. The highest BCUT2D eigenvalue weighted by Crippen LogP contribution is 2.37. The number of phenols is 1. The van der Waals surface area contributed by atoms with Gasteiger partial charge in [-0.05, 0) is 37.1 Å². The van der Waals surface area contributed by atoms with Gasteiger partial charge in [-0.15, -0.1) is 0 Å². The standard InChI is InChI=1S/C17H17NO3/c1-11-5-3-4-6-13(11)10-18-15-9-14(19)7-8-16(15)21-12(2)17(18)20/h3-9,12,19H,10H2,1-2H3. The predicted molar refractivity (Wildman–Crippen MR) is 80.6 cm³/mol. The van der Waals surface area contributed by atoms with Crippen LogP contribution in [0.25, 0.3) is 0 Å². The second-order valence-corrected chi connectivity index (χ2v) is 5.26. The fourth-order valence-corrected chi connectivity index (χ4v) is 2.52. The number of carbonyl (C=O) groups excluding carboxylic acids is 1. The molecule has 0 saturated carbocycles. The van der Waals surface area contributed by atoms with Crippen LogP contribution in [0.15, 0.2) is 42.5 Å². The molecule has 3 rings (SSSR count). The molecule has 0 radical (unpaired) electrons. The van der Waals surface area contributed by atoms with Crippen molar-refractivity contribution < 1.29 is 14.6 Å². The molecule has 0 bridgehead atoms. The smallest absolute Gasteiger partial charge is 0.268 e. The van der Waals surface area contributed by atoms with Gasteiger partial charge in [-0.1, -0.05) is 24.3 Å². The zero-order valence-electron chi connectivity index (χ0n) is 12.0. The Morgan fingerprint density at radius 3 is 2.76 bits per heavy atom. The second kappa shape index (κ2) is 5.13. The lowest BCUT2D eigenvalue weighted by Gasteiger charge is -2.33. The third-order valence-corrected chi connectivity index (χ3v) is 3.74. The van der Waals surface area contributed by atoms with Crippen LogP contribution >= 0.6 is 0 Å². The van der Waals surface area contributed by atoms with E-state index in [1.54, 1.807) is 30.0 Å². The quantitative estimate of drug-likeness (QED) is 0.921. The summed E-state index contributed by atoms with van der Waals surface area (Å²) in [5.74, 6) is 0.638. The minimum absolute atomic E-state index is 0.101. The van der Waals surface area contributed by atoms with Crippen molar-refractivity contribution >= 4 is 11.6 Å². The highest BCUT2D eigenvalue weighted by atomic mass is 16.5. The molecule has 0 aromatic heterocycles. The van der Waals surface area contributed by atoms with E-state index in [-0.39, 0.29) is 11.7 Å². The van der Waals surface area contributed by atoms with Crippen LogP contribution < -0.4 is 9.64 Å². The van der Waals surface area contributed by atoms with Gasteiger partial charge < -0.3 is 14.7 Å². The molecule has 1 amide bonds. The van der Waals surface area contributed by atoms with Gasteiger partial charge in [0.15, 0.2) is 6.10 Å². The highest BCUT2D eigenvalue weighted by Gasteiger charge is 2.31. The Balaban J connectivity index is 2.03. The number of aromatic hydroxyl groups is 1. The zero-order valence-corrected chi connectivity index (χ0v) is 12.0. The fraction of sp³-hybridized carbons (Fsp3) is 0.235. The molecule has 108 valence electrons. The number of benzene rings is 2. The van der Waals surface area contributed by atoms with Crippen LogP contribution in [-0.4, -0.2) is 17.1 Å². The normalized spacial score (nSPS) is 17.3. The summed E-state index contributed by atoms with van der Waals surface area (Å²) in [6.07, 6.45) is -0.522. The lowest BCUT2D eigenvalue weighted by atomic mass is 10.1. The summed E-state index contributed by atoms with van der Waals surface area (Å²) >= 11 is 0. The van der Waals surface area contributed by atoms with Crippen molar-refractivity contribution in [3.63, 3.8) is 0 Å². The monoisotopic (exact) mass is 283 g/mol. The van der Waals surface area contributed by atoms with Crippen molar-refractivity contribution in [2.24, 2.45) is 0 Å². The lowest BCUT2D eigenvalue weighted by Crippen LogP contribution is -2.44. The molecular weight excluding hydrogens is 266 g/mol. The summed E-state index contributed by atoms with van der Waals surface area (Å²) in [4.78, 5) is 14.1. The molecule has 1 aliphatic heterocycles. The van der Waals surface area contributed by atoms with Gasteiger partial charge in [0.2, 0.25) is 0 Å². The van der Waals surface area contributed by atoms with Crippen LogP contribution in [0.3, 0.4) is 0 Å². The van der Waals surface area contributed by atoms with Gasteiger partial charge in [-0.3, -0.25) is 4.79 Å². The number of hydrogen-bond donors (Lipinski definition) is 1. The first-order valence-electron chi connectivity index (χ1n) is 6.92. The molecular formula is C17H17NO3. The molecule has 1 unspecified atom stereocenters. The summed E-state index contributed by atoms with van der Waals surface area (Å²) in [6, 6.07) is 12.8. The topological polar surface area (TPSA) is 49.8 Å². The average Bonchev–Trinajstić information content (AvgIpc) is 2.46. The van der Waals surface area contributed by atoms with Crippen molar-refractivity contribution in [2.75, 3.05) is 4.90 Å². The Kier molecular flexibility index (Phi) is 3.29. The molecule has 1 atom stereocenters. The molecule has 2 aromatic rings. The maximum Gasteiger partial charge on any atom is 0.268 e. The summed E-state index contributed by atoms with van der Waals surface area (Å²) in [5.41, 5.74) is 2.82. The Morgan fingerprint density at radius 1 is 1.24 bits per heavy atom. The van der Waals surface area contributed by atoms with E-state index in [0.29, 0.717) is 18.0 Å². The fourth-order valence-electron chi connectivity index (χ4n) is 2.52. The molecule has 1 aliphatic rings. The highest BCUT2D eigenvalue weighted by molar-refractivity contribution is 5.99. The van der Waals surface area contributed by atoms with Crippen molar-refractivity contribution in [3.8, 4) is 11.5 Å². The van der Waals surface area contributed by atoms with E-state index in [1.165, 1.54) is 0 Å². The number of phenolic OH excluding ortho intramolecular Hbond substituents is 1. The van der Waals surface area contributed by atoms with E-state index in [4.69, 9.17) is 4.74 Å². The van der Waals surface area contributed by atoms with E-state index < -0.39 is 6.10 Å². The van der Waals surface area contributed by atoms with E-state index in [9.17, 15) is 9.90 Å². The molecule has 21 heavy (non-hydrogen) atoms. The van der Waals surface area contributed by atoms with Gasteiger partial charge in [-0.25, -0.2) is 0 Å². The number of fused-ring (bicyclic) bond motifs is 1. The second-order valence-electron chi connectivity index (χ2n) is 5.26. The van der Waals surface area contributed by atoms with Crippen molar-refractivity contribution in [1.29, 1.82) is 0 Å². The first-order valence-corrected chi connectivity index (χ1v) is 6.92. The van der Waals surface area contributed by atoms with Crippen molar-refractivity contribution in [3.05, 3.63) is 53.6 Å². The van der Waals surface area contributed by atoms with Gasteiger partial charge in [0.1, 0.15) is 11.5 Å². The van der Waals surface area contributed by atoms with Crippen LogP contribution in [-0.2, 0) is 11.3 Å². The SMILES string of the molecule is Cc1ccccc1CN1C(=O)C(C)Oc2ccc(O)cc21.